The number of rotatable bonds is 8. The van der Waals surface area contributed by atoms with E-state index in [4.69, 9.17) is 11.6 Å². The number of aromatic nitrogens is 4. The van der Waals surface area contributed by atoms with Crippen molar-refractivity contribution in [3.63, 3.8) is 0 Å². The van der Waals surface area contributed by atoms with Crippen molar-refractivity contribution in [3.8, 4) is 0 Å². The largest absolute Gasteiger partial charge is 0.355 e. The highest BCUT2D eigenvalue weighted by molar-refractivity contribution is 8.03. The van der Waals surface area contributed by atoms with E-state index in [1.54, 1.807) is 18.3 Å². The minimum Gasteiger partial charge on any atom is -0.355 e. The average molecular weight is 442 g/mol. The van der Waals surface area contributed by atoms with Crippen LogP contribution in [-0.4, -0.2) is 37.8 Å². The zero-order valence-corrected chi connectivity index (χ0v) is 17.6. The van der Waals surface area contributed by atoms with Crippen LogP contribution in [0.15, 0.2) is 37.9 Å². The molecule has 27 heavy (non-hydrogen) atoms. The molecule has 142 valence electrons. The summed E-state index contributed by atoms with van der Waals surface area (Å²) >= 11 is 10.2. The summed E-state index contributed by atoms with van der Waals surface area (Å²) in [7, 11) is 0. The zero-order chi connectivity index (χ0) is 19.2. The third kappa shape index (κ3) is 5.68. The van der Waals surface area contributed by atoms with E-state index in [1.807, 2.05) is 6.92 Å². The fourth-order valence-electron chi connectivity index (χ4n) is 2.09. The quantitative estimate of drug-likeness (QED) is 0.537. The van der Waals surface area contributed by atoms with Crippen molar-refractivity contribution in [2.75, 3.05) is 12.3 Å². The van der Waals surface area contributed by atoms with E-state index in [1.165, 1.54) is 45.3 Å². The third-order valence-corrected chi connectivity index (χ3v) is 6.75. The number of fused-ring (bicyclic) bond motifs is 1. The number of hydrogen-bond acceptors (Lipinski definition) is 8. The van der Waals surface area contributed by atoms with Crippen molar-refractivity contribution in [3.05, 3.63) is 45.5 Å². The van der Waals surface area contributed by atoms with Crippen molar-refractivity contribution in [2.45, 2.75) is 27.8 Å². The summed E-state index contributed by atoms with van der Waals surface area (Å²) in [5.74, 6) is 0.822. The number of halogens is 1. The second-order valence-electron chi connectivity index (χ2n) is 5.42. The van der Waals surface area contributed by atoms with Gasteiger partial charge in [-0.25, -0.2) is 4.98 Å². The fourth-order valence-corrected chi connectivity index (χ4v) is 5.00. The molecular formula is C16H16ClN5O2S3. The van der Waals surface area contributed by atoms with Gasteiger partial charge in [-0.15, -0.1) is 10.2 Å². The molecule has 0 fully saturated rings. The number of nitrogens with one attached hydrogen (secondary N) is 1. The molecular weight excluding hydrogens is 426 g/mol. The lowest BCUT2D eigenvalue weighted by Gasteiger charge is -2.03. The molecule has 3 aromatic rings. The smallest absolute Gasteiger partial charge is 0.258 e. The monoisotopic (exact) mass is 441 g/mol. The summed E-state index contributed by atoms with van der Waals surface area (Å²) in [4.78, 5) is 28.3. The molecule has 1 amide bonds. The normalized spacial score (nSPS) is 11.0. The number of thioether (sulfide) groups is 2. The Labute approximate surface area is 172 Å². The number of nitrogens with zero attached hydrogens (tertiary/aromatic N) is 4. The molecule has 0 aliphatic heterocycles. The van der Waals surface area contributed by atoms with Gasteiger partial charge < -0.3 is 5.32 Å². The van der Waals surface area contributed by atoms with Crippen LogP contribution in [0, 0.1) is 0 Å². The molecule has 0 aromatic carbocycles. The van der Waals surface area contributed by atoms with E-state index in [0.717, 1.165) is 15.1 Å². The highest BCUT2D eigenvalue weighted by Crippen LogP contribution is 2.30. The standard InChI is InChI=1S/C16H16ClN5O2S3/c1-2-5-18-13(23)9-26-16-21-20-15(27-16)25-8-11-6-14(24)22-7-10(17)3-4-12(22)19-11/h3-4,6-7H,2,5,8-9H2,1H3,(H,18,23). The average Bonchev–Trinajstić information content (AvgIpc) is 3.11. The van der Waals surface area contributed by atoms with Crippen LogP contribution in [0.25, 0.3) is 5.65 Å². The lowest BCUT2D eigenvalue weighted by molar-refractivity contribution is -0.118. The highest BCUT2D eigenvalue weighted by atomic mass is 35.5. The van der Waals surface area contributed by atoms with Crippen molar-refractivity contribution in [2.24, 2.45) is 0 Å². The molecule has 7 nitrogen and oxygen atoms in total. The van der Waals surface area contributed by atoms with Gasteiger partial charge in [-0.1, -0.05) is 53.4 Å². The van der Waals surface area contributed by atoms with Crippen LogP contribution in [0.2, 0.25) is 5.02 Å². The Balaban J connectivity index is 1.58. The Bertz CT molecular complexity index is 1010. The van der Waals surface area contributed by atoms with Crippen LogP contribution >= 0.6 is 46.5 Å². The molecule has 3 rings (SSSR count). The summed E-state index contributed by atoms with van der Waals surface area (Å²) in [6.07, 6.45) is 2.46. The maximum Gasteiger partial charge on any atom is 0.258 e. The molecule has 0 aliphatic carbocycles. The van der Waals surface area contributed by atoms with Gasteiger partial charge in [0.05, 0.1) is 16.5 Å². The summed E-state index contributed by atoms with van der Waals surface area (Å²) in [5, 5.41) is 11.5. The summed E-state index contributed by atoms with van der Waals surface area (Å²) in [6, 6.07) is 4.90. The van der Waals surface area contributed by atoms with E-state index >= 15 is 0 Å². The van der Waals surface area contributed by atoms with Gasteiger partial charge in [0.25, 0.3) is 5.56 Å². The first-order valence-electron chi connectivity index (χ1n) is 8.09. The van der Waals surface area contributed by atoms with Gasteiger partial charge in [0.15, 0.2) is 8.68 Å². The topological polar surface area (TPSA) is 89.2 Å². The number of carbonyl (C=O) groups is 1. The van der Waals surface area contributed by atoms with Gasteiger partial charge in [-0.3, -0.25) is 14.0 Å². The van der Waals surface area contributed by atoms with Crippen LogP contribution in [0.4, 0.5) is 0 Å². The Kier molecular flexibility index (Phi) is 7.11. The minimum absolute atomic E-state index is 0.00723. The molecule has 3 aromatic heterocycles. The molecule has 0 atom stereocenters. The third-order valence-electron chi connectivity index (χ3n) is 3.31. The van der Waals surface area contributed by atoms with Crippen LogP contribution in [0.3, 0.4) is 0 Å². The van der Waals surface area contributed by atoms with E-state index in [2.05, 4.69) is 20.5 Å². The second-order valence-corrected chi connectivity index (χ2v) is 9.28. The molecule has 0 unspecified atom stereocenters. The van der Waals surface area contributed by atoms with E-state index < -0.39 is 0 Å². The Morgan fingerprint density at radius 2 is 2.07 bits per heavy atom. The second kappa shape index (κ2) is 9.54. The van der Waals surface area contributed by atoms with E-state index in [9.17, 15) is 9.59 Å². The molecule has 0 aliphatic rings. The van der Waals surface area contributed by atoms with Gasteiger partial charge in [-0.05, 0) is 18.6 Å². The Hall–Kier alpha value is -1.62. The van der Waals surface area contributed by atoms with Gasteiger partial charge in [0.1, 0.15) is 5.65 Å². The lowest BCUT2D eigenvalue weighted by Crippen LogP contribution is -2.25. The number of amides is 1. The highest BCUT2D eigenvalue weighted by Gasteiger charge is 2.10. The Morgan fingerprint density at radius 3 is 2.85 bits per heavy atom. The molecule has 11 heteroatoms. The molecule has 0 spiro atoms. The molecule has 0 saturated carbocycles. The lowest BCUT2D eigenvalue weighted by atomic mass is 10.4. The first kappa shape index (κ1) is 20.1. The number of pyridine rings is 1. The van der Waals surface area contributed by atoms with E-state index in [-0.39, 0.29) is 11.5 Å². The molecule has 3 heterocycles. The van der Waals surface area contributed by atoms with Crippen molar-refractivity contribution < 1.29 is 4.79 Å². The number of carbonyl (C=O) groups excluding carboxylic acids is 1. The zero-order valence-electron chi connectivity index (χ0n) is 14.3. The summed E-state index contributed by atoms with van der Waals surface area (Å²) in [6.45, 7) is 2.69. The van der Waals surface area contributed by atoms with Gasteiger partial charge in [0.2, 0.25) is 5.91 Å². The fraction of sp³-hybridized carbons (Fsp3) is 0.312. The molecule has 0 radical (unpaired) electrons. The first-order valence-corrected chi connectivity index (χ1v) is 11.3. The van der Waals surface area contributed by atoms with Gasteiger partial charge in [0, 0.05) is 24.6 Å². The van der Waals surface area contributed by atoms with Crippen molar-refractivity contribution in [1.82, 2.24) is 24.9 Å². The van der Waals surface area contributed by atoms with E-state index in [0.29, 0.717) is 34.4 Å². The van der Waals surface area contributed by atoms with Crippen LogP contribution in [-0.2, 0) is 10.5 Å². The maximum absolute atomic E-state index is 12.2. The van der Waals surface area contributed by atoms with Gasteiger partial charge >= 0.3 is 0 Å². The summed E-state index contributed by atoms with van der Waals surface area (Å²) < 4.78 is 2.93. The maximum atomic E-state index is 12.2. The molecule has 0 saturated heterocycles. The van der Waals surface area contributed by atoms with Crippen LogP contribution in [0.5, 0.6) is 0 Å². The molecule has 1 N–H and O–H groups in total. The van der Waals surface area contributed by atoms with Crippen LogP contribution in [0.1, 0.15) is 19.0 Å². The predicted octanol–water partition coefficient (Wildman–Crippen LogP) is 3.11. The predicted molar refractivity (Wildman–Crippen MR) is 110 cm³/mol. The van der Waals surface area contributed by atoms with Crippen molar-refractivity contribution in [1.29, 1.82) is 0 Å². The van der Waals surface area contributed by atoms with Crippen LogP contribution < -0.4 is 10.9 Å². The first-order chi connectivity index (χ1) is 13.0. The minimum atomic E-state index is -0.176. The van der Waals surface area contributed by atoms with Gasteiger partial charge in [-0.2, -0.15) is 0 Å². The SMILES string of the molecule is CCCNC(=O)CSc1nnc(SCc2cc(=O)n3cc(Cl)ccc3n2)s1. The molecule has 0 bridgehead atoms. The number of hydrogen-bond donors (Lipinski definition) is 1. The summed E-state index contributed by atoms with van der Waals surface area (Å²) in [5.41, 5.74) is 1.04. The van der Waals surface area contributed by atoms with Crippen molar-refractivity contribution >= 4 is 58.0 Å². The Morgan fingerprint density at radius 1 is 1.30 bits per heavy atom.